The maximum atomic E-state index is 9.88. The minimum absolute atomic E-state index is 0.283. The van der Waals surface area contributed by atoms with Crippen LogP contribution in [0, 0.1) is 11.8 Å². The van der Waals surface area contributed by atoms with Crippen LogP contribution < -0.4 is 0 Å². The molecule has 1 saturated carbocycles. The molecule has 0 bridgehead atoms. The zero-order chi connectivity index (χ0) is 8.48. The molecule has 0 aromatic carbocycles. The third-order valence-electron chi connectivity index (χ3n) is 2.88. The number of rotatable bonds is 3. The second-order valence-electron chi connectivity index (χ2n) is 4.46. The lowest BCUT2D eigenvalue weighted by Gasteiger charge is -2.43. The Kier molecular flexibility index (Phi) is 2.58. The van der Waals surface area contributed by atoms with Gasteiger partial charge in [0, 0.05) is 0 Å². The SMILES string of the molecule is CCC(C)CC1(O)CC(C)C1. The van der Waals surface area contributed by atoms with Crippen molar-refractivity contribution in [2.75, 3.05) is 0 Å². The third-order valence-corrected chi connectivity index (χ3v) is 2.88. The molecule has 0 spiro atoms. The molecule has 66 valence electrons. The first kappa shape index (κ1) is 9.05. The molecule has 0 saturated heterocycles. The fourth-order valence-corrected chi connectivity index (χ4v) is 2.20. The molecule has 1 rings (SSSR count). The van der Waals surface area contributed by atoms with Gasteiger partial charge >= 0.3 is 0 Å². The van der Waals surface area contributed by atoms with E-state index < -0.39 is 0 Å². The van der Waals surface area contributed by atoms with Gasteiger partial charge in [0.2, 0.25) is 0 Å². The van der Waals surface area contributed by atoms with Crippen molar-refractivity contribution < 1.29 is 5.11 Å². The molecule has 1 atom stereocenters. The van der Waals surface area contributed by atoms with Gasteiger partial charge in [-0.3, -0.25) is 0 Å². The zero-order valence-electron chi connectivity index (χ0n) is 7.93. The van der Waals surface area contributed by atoms with Crippen LogP contribution in [0.15, 0.2) is 0 Å². The molecule has 0 aliphatic heterocycles. The molecule has 0 aromatic heterocycles. The molecule has 0 aromatic rings. The van der Waals surface area contributed by atoms with E-state index in [0.717, 1.165) is 25.2 Å². The first-order valence-corrected chi connectivity index (χ1v) is 4.78. The largest absolute Gasteiger partial charge is 0.390 e. The van der Waals surface area contributed by atoms with Crippen LogP contribution in [-0.4, -0.2) is 10.7 Å². The standard InChI is InChI=1S/C10H20O/c1-4-8(2)5-10(11)6-9(3)7-10/h8-9,11H,4-7H2,1-3H3. The van der Waals surface area contributed by atoms with Crippen molar-refractivity contribution in [3.63, 3.8) is 0 Å². The van der Waals surface area contributed by atoms with E-state index in [1.165, 1.54) is 6.42 Å². The van der Waals surface area contributed by atoms with Gasteiger partial charge in [0.05, 0.1) is 5.60 Å². The van der Waals surface area contributed by atoms with E-state index >= 15 is 0 Å². The smallest absolute Gasteiger partial charge is 0.0655 e. The van der Waals surface area contributed by atoms with Crippen LogP contribution >= 0.6 is 0 Å². The van der Waals surface area contributed by atoms with Crippen LogP contribution in [0.3, 0.4) is 0 Å². The predicted molar refractivity (Wildman–Crippen MR) is 47.4 cm³/mol. The van der Waals surface area contributed by atoms with E-state index in [0.29, 0.717) is 5.92 Å². The highest BCUT2D eigenvalue weighted by Crippen LogP contribution is 2.41. The van der Waals surface area contributed by atoms with E-state index in [9.17, 15) is 5.11 Å². The van der Waals surface area contributed by atoms with Crippen molar-refractivity contribution in [3.8, 4) is 0 Å². The lowest BCUT2D eigenvalue weighted by Crippen LogP contribution is -2.43. The second-order valence-corrected chi connectivity index (χ2v) is 4.46. The zero-order valence-corrected chi connectivity index (χ0v) is 7.93. The van der Waals surface area contributed by atoms with Gasteiger partial charge in [-0.15, -0.1) is 0 Å². The number of aliphatic hydroxyl groups is 1. The Morgan fingerprint density at radius 3 is 2.45 bits per heavy atom. The van der Waals surface area contributed by atoms with Gasteiger partial charge < -0.3 is 5.11 Å². The summed E-state index contributed by atoms with van der Waals surface area (Å²) in [5.41, 5.74) is -0.283. The van der Waals surface area contributed by atoms with Gasteiger partial charge in [-0.05, 0) is 31.1 Å². The quantitative estimate of drug-likeness (QED) is 0.666. The summed E-state index contributed by atoms with van der Waals surface area (Å²) < 4.78 is 0. The van der Waals surface area contributed by atoms with Crippen molar-refractivity contribution in [2.24, 2.45) is 11.8 Å². The molecule has 1 N–H and O–H groups in total. The highest BCUT2D eigenvalue weighted by molar-refractivity contribution is 4.92. The van der Waals surface area contributed by atoms with Gasteiger partial charge in [-0.1, -0.05) is 27.2 Å². The van der Waals surface area contributed by atoms with Crippen molar-refractivity contribution >= 4 is 0 Å². The highest BCUT2D eigenvalue weighted by Gasteiger charge is 2.40. The van der Waals surface area contributed by atoms with E-state index in [2.05, 4.69) is 20.8 Å². The van der Waals surface area contributed by atoms with Crippen LogP contribution in [0.2, 0.25) is 0 Å². The molecule has 1 aliphatic rings. The average Bonchev–Trinajstić information content (AvgIpc) is 1.84. The minimum atomic E-state index is -0.283. The molecule has 1 nitrogen and oxygen atoms in total. The summed E-state index contributed by atoms with van der Waals surface area (Å²) in [5.74, 6) is 1.44. The summed E-state index contributed by atoms with van der Waals surface area (Å²) in [5, 5.41) is 9.88. The van der Waals surface area contributed by atoms with Crippen LogP contribution in [-0.2, 0) is 0 Å². The molecule has 1 fully saturated rings. The van der Waals surface area contributed by atoms with Crippen LogP contribution in [0.5, 0.6) is 0 Å². The van der Waals surface area contributed by atoms with Gasteiger partial charge in [0.15, 0.2) is 0 Å². The molecule has 0 amide bonds. The summed E-state index contributed by atoms with van der Waals surface area (Å²) in [6, 6.07) is 0. The Hall–Kier alpha value is -0.0400. The number of hydrogen-bond acceptors (Lipinski definition) is 1. The Morgan fingerprint density at radius 1 is 1.55 bits per heavy atom. The Morgan fingerprint density at radius 2 is 2.09 bits per heavy atom. The minimum Gasteiger partial charge on any atom is -0.390 e. The normalized spacial score (nSPS) is 39.8. The molecule has 1 aliphatic carbocycles. The van der Waals surface area contributed by atoms with Gasteiger partial charge in [0.25, 0.3) is 0 Å². The van der Waals surface area contributed by atoms with Crippen molar-refractivity contribution in [1.82, 2.24) is 0 Å². The Balaban J connectivity index is 2.26. The van der Waals surface area contributed by atoms with E-state index in [4.69, 9.17) is 0 Å². The van der Waals surface area contributed by atoms with Crippen LogP contribution in [0.4, 0.5) is 0 Å². The summed E-state index contributed by atoms with van der Waals surface area (Å²) in [6.45, 7) is 6.63. The molecule has 0 radical (unpaired) electrons. The van der Waals surface area contributed by atoms with Crippen molar-refractivity contribution in [2.45, 2.75) is 52.1 Å². The first-order chi connectivity index (χ1) is 5.06. The molecular formula is C10H20O. The van der Waals surface area contributed by atoms with Crippen molar-refractivity contribution in [1.29, 1.82) is 0 Å². The van der Waals surface area contributed by atoms with E-state index in [1.54, 1.807) is 0 Å². The topological polar surface area (TPSA) is 20.2 Å². The molecule has 1 unspecified atom stereocenters. The maximum Gasteiger partial charge on any atom is 0.0655 e. The first-order valence-electron chi connectivity index (χ1n) is 4.78. The summed E-state index contributed by atoms with van der Waals surface area (Å²) >= 11 is 0. The summed E-state index contributed by atoms with van der Waals surface area (Å²) in [6.07, 6.45) is 4.25. The van der Waals surface area contributed by atoms with E-state index in [-0.39, 0.29) is 5.60 Å². The summed E-state index contributed by atoms with van der Waals surface area (Å²) in [4.78, 5) is 0. The fourth-order valence-electron chi connectivity index (χ4n) is 2.20. The highest BCUT2D eigenvalue weighted by atomic mass is 16.3. The van der Waals surface area contributed by atoms with Crippen molar-refractivity contribution in [3.05, 3.63) is 0 Å². The van der Waals surface area contributed by atoms with Gasteiger partial charge in [-0.2, -0.15) is 0 Å². The monoisotopic (exact) mass is 156 g/mol. The lowest BCUT2D eigenvalue weighted by atomic mass is 9.68. The lowest BCUT2D eigenvalue weighted by molar-refractivity contribution is -0.0831. The average molecular weight is 156 g/mol. The number of hydrogen-bond donors (Lipinski definition) is 1. The Bertz CT molecular complexity index is 125. The van der Waals surface area contributed by atoms with Crippen LogP contribution in [0.1, 0.15) is 46.5 Å². The van der Waals surface area contributed by atoms with Gasteiger partial charge in [0.1, 0.15) is 0 Å². The fraction of sp³-hybridized carbons (Fsp3) is 1.00. The molecular weight excluding hydrogens is 136 g/mol. The van der Waals surface area contributed by atoms with Gasteiger partial charge in [-0.25, -0.2) is 0 Å². The molecule has 11 heavy (non-hydrogen) atoms. The summed E-state index contributed by atoms with van der Waals surface area (Å²) in [7, 11) is 0. The Labute approximate surface area is 69.8 Å². The predicted octanol–water partition coefficient (Wildman–Crippen LogP) is 2.58. The molecule has 1 heteroatoms. The molecule has 0 heterocycles. The van der Waals surface area contributed by atoms with E-state index in [1.807, 2.05) is 0 Å². The third kappa shape index (κ3) is 2.19. The maximum absolute atomic E-state index is 9.88. The second kappa shape index (κ2) is 3.14. The van der Waals surface area contributed by atoms with Crippen LogP contribution in [0.25, 0.3) is 0 Å².